The topological polar surface area (TPSA) is 52.3 Å². The van der Waals surface area contributed by atoms with E-state index in [1.807, 2.05) is 29.2 Å². The molecule has 0 spiro atoms. The summed E-state index contributed by atoms with van der Waals surface area (Å²) in [6.07, 6.45) is 3.89. The lowest BCUT2D eigenvalue weighted by Crippen LogP contribution is -2.51. The average Bonchev–Trinajstić information content (AvgIpc) is 3.36. The molecule has 31 heavy (non-hydrogen) atoms. The lowest BCUT2D eigenvalue weighted by Gasteiger charge is -2.38. The van der Waals surface area contributed by atoms with Gasteiger partial charge in [0.15, 0.2) is 0 Å². The number of rotatable bonds is 5. The first-order valence-corrected chi connectivity index (χ1v) is 11.8. The van der Waals surface area contributed by atoms with Crippen molar-refractivity contribution in [3.63, 3.8) is 0 Å². The van der Waals surface area contributed by atoms with Crippen LogP contribution < -0.4 is 4.90 Å². The molecule has 2 aliphatic heterocycles. The normalized spacial score (nSPS) is 26.0. The fourth-order valence-corrected chi connectivity index (χ4v) is 5.16. The van der Waals surface area contributed by atoms with E-state index < -0.39 is 0 Å². The second-order valence-electron chi connectivity index (χ2n) is 9.22. The Morgan fingerprint density at radius 1 is 1.13 bits per heavy atom. The number of piperazine rings is 1. The molecule has 2 fully saturated rings. The molecule has 1 aromatic carbocycles. The predicted molar refractivity (Wildman–Crippen MR) is 123 cm³/mol. The van der Waals surface area contributed by atoms with Crippen molar-refractivity contribution >= 4 is 23.3 Å². The highest BCUT2D eigenvalue weighted by Crippen LogP contribution is 2.37. The minimum absolute atomic E-state index is 0.142. The van der Waals surface area contributed by atoms with Gasteiger partial charge in [0.05, 0.1) is 5.92 Å². The molecule has 0 N–H and O–H groups in total. The number of nitrogens with zero attached hydrogens (tertiary/aromatic N) is 5. The van der Waals surface area contributed by atoms with Gasteiger partial charge in [-0.2, -0.15) is 0 Å². The van der Waals surface area contributed by atoms with Crippen LogP contribution in [0.2, 0.25) is 5.02 Å². The third-order valence-corrected chi connectivity index (χ3v) is 7.37. The number of carbonyl (C=O) groups excluding carboxylic acids is 1. The third kappa shape index (κ3) is 4.15. The number of halogens is 1. The van der Waals surface area contributed by atoms with E-state index in [2.05, 4.69) is 33.6 Å². The van der Waals surface area contributed by atoms with E-state index in [9.17, 15) is 4.79 Å². The fourth-order valence-electron chi connectivity index (χ4n) is 5.04. The van der Waals surface area contributed by atoms with E-state index >= 15 is 0 Å². The average molecular weight is 440 g/mol. The van der Waals surface area contributed by atoms with Crippen LogP contribution in [0.1, 0.15) is 48.9 Å². The van der Waals surface area contributed by atoms with Crippen molar-refractivity contribution < 1.29 is 4.79 Å². The molecule has 1 aromatic heterocycles. The van der Waals surface area contributed by atoms with Crippen LogP contribution in [-0.4, -0.2) is 71.0 Å². The fraction of sp³-hybridized carbons (Fsp3) is 0.542. The van der Waals surface area contributed by atoms with E-state index in [-0.39, 0.29) is 11.8 Å². The summed E-state index contributed by atoms with van der Waals surface area (Å²) < 4.78 is 0. The van der Waals surface area contributed by atoms with Gasteiger partial charge >= 0.3 is 0 Å². The van der Waals surface area contributed by atoms with Crippen molar-refractivity contribution in [1.82, 2.24) is 19.8 Å². The first kappa shape index (κ1) is 20.7. The highest BCUT2D eigenvalue weighted by atomic mass is 35.5. The number of aromatic nitrogens is 2. The van der Waals surface area contributed by atoms with Gasteiger partial charge < -0.3 is 9.80 Å². The Labute approximate surface area is 189 Å². The summed E-state index contributed by atoms with van der Waals surface area (Å²) in [5.41, 5.74) is 3.57. The minimum Gasteiger partial charge on any atom is -0.353 e. The molecule has 0 bridgehead atoms. The number of carbonyl (C=O) groups is 1. The second kappa shape index (κ2) is 8.40. The molecule has 0 radical (unpaired) electrons. The predicted octanol–water partition coefficient (Wildman–Crippen LogP) is 3.32. The van der Waals surface area contributed by atoms with Crippen LogP contribution in [-0.2, 0) is 11.2 Å². The van der Waals surface area contributed by atoms with E-state index in [0.717, 1.165) is 63.5 Å². The molecule has 6 nitrogen and oxygen atoms in total. The van der Waals surface area contributed by atoms with Gasteiger partial charge in [-0.15, -0.1) is 0 Å². The molecule has 1 aliphatic carbocycles. The van der Waals surface area contributed by atoms with Gasteiger partial charge in [0.2, 0.25) is 5.91 Å². The van der Waals surface area contributed by atoms with Crippen LogP contribution in [0.5, 0.6) is 0 Å². The summed E-state index contributed by atoms with van der Waals surface area (Å²) in [5, 5.41) is 0.704. The van der Waals surface area contributed by atoms with Crippen molar-refractivity contribution in [2.45, 2.75) is 44.6 Å². The molecular weight excluding hydrogens is 410 g/mol. The summed E-state index contributed by atoms with van der Waals surface area (Å²) >= 11 is 6.09. The Morgan fingerprint density at radius 3 is 2.52 bits per heavy atom. The molecular formula is C24H30ClN5O. The van der Waals surface area contributed by atoms with Gasteiger partial charge in [0.1, 0.15) is 12.1 Å². The van der Waals surface area contributed by atoms with Crippen LogP contribution in [0.15, 0.2) is 30.6 Å². The van der Waals surface area contributed by atoms with Crippen molar-refractivity contribution in [3.8, 4) is 0 Å². The van der Waals surface area contributed by atoms with Crippen LogP contribution in [0, 0.1) is 0 Å². The Morgan fingerprint density at radius 2 is 1.84 bits per heavy atom. The van der Waals surface area contributed by atoms with E-state index in [1.165, 1.54) is 11.3 Å². The van der Waals surface area contributed by atoms with E-state index in [0.29, 0.717) is 17.0 Å². The molecule has 5 rings (SSSR count). The van der Waals surface area contributed by atoms with E-state index in [4.69, 9.17) is 11.6 Å². The number of amides is 1. The van der Waals surface area contributed by atoms with Gasteiger partial charge in [-0.25, -0.2) is 9.97 Å². The molecule has 7 heteroatoms. The number of hydrogen-bond donors (Lipinski definition) is 0. The minimum atomic E-state index is -0.142. The molecule has 1 amide bonds. The molecule has 3 unspecified atom stereocenters. The highest BCUT2D eigenvalue weighted by molar-refractivity contribution is 6.30. The Hall–Kier alpha value is -2.18. The molecule has 164 valence electrons. The Balaban J connectivity index is 1.29. The molecule has 0 saturated carbocycles. The van der Waals surface area contributed by atoms with Crippen LogP contribution in [0.3, 0.4) is 0 Å². The van der Waals surface area contributed by atoms with Gasteiger partial charge in [-0.1, -0.05) is 30.7 Å². The van der Waals surface area contributed by atoms with Crippen molar-refractivity contribution in [3.05, 3.63) is 52.4 Å². The molecule has 2 saturated heterocycles. The summed E-state index contributed by atoms with van der Waals surface area (Å²) in [6, 6.07) is 8.35. The summed E-state index contributed by atoms with van der Waals surface area (Å²) in [5.74, 6) is 1.67. The van der Waals surface area contributed by atoms with Crippen molar-refractivity contribution in [2.75, 3.05) is 44.2 Å². The van der Waals surface area contributed by atoms with Gasteiger partial charge in [0.25, 0.3) is 0 Å². The lowest BCUT2D eigenvalue weighted by molar-refractivity contribution is -0.133. The van der Waals surface area contributed by atoms with E-state index in [1.54, 1.807) is 6.33 Å². The molecule has 3 heterocycles. The summed E-state index contributed by atoms with van der Waals surface area (Å²) in [7, 11) is 0. The first-order valence-electron chi connectivity index (χ1n) is 11.4. The van der Waals surface area contributed by atoms with Crippen LogP contribution >= 0.6 is 11.6 Å². The largest absolute Gasteiger partial charge is 0.353 e. The zero-order chi connectivity index (χ0) is 21.5. The van der Waals surface area contributed by atoms with Gasteiger partial charge in [-0.05, 0) is 43.4 Å². The smallest absolute Gasteiger partial charge is 0.231 e. The monoisotopic (exact) mass is 439 g/mol. The maximum atomic E-state index is 13.6. The number of anilines is 1. The Bertz CT molecular complexity index is 957. The summed E-state index contributed by atoms with van der Waals surface area (Å²) in [6.45, 7) is 9.41. The molecule has 3 aliphatic rings. The zero-order valence-electron chi connectivity index (χ0n) is 18.3. The third-order valence-electron chi connectivity index (χ3n) is 7.12. The van der Waals surface area contributed by atoms with Gasteiger partial charge in [0, 0.05) is 61.6 Å². The quantitative estimate of drug-likeness (QED) is 0.669. The maximum absolute atomic E-state index is 13.6. The first-order chi connectivity index (χ1) is 15.0. The van der Waals surface area contributed by atoms with Crippen molar-refractivity contribution in [2.24, 2.45) is 0 Å². The van der Waals surface area contributed by atoms with Crippen LogP contribution in [0.4, 0.5) is 5.82 Å². The number of fused-ring (bicyclic) bond motifs is 1. The standard InChI is InChI=1S/C24H30ClN5O/c1-16-3-8-21-22(16)23(27-15-26-21)28-9-11-29(12-10-28)24(31)20(14-30-13-17(30)2)18-4-6-19(25)7-5-18/h4-7,15-17,20H,3,8-14H2,1-2H3/t16-,17?,20?,30?/m1/s1. The van der Waals surface area contributed by atoms with Crippen LogP contribution in [0.25, 0.3) is 0 Å². The second-order valence-corrected chi connectivity index (χ2v) is 9.65. The number of aryl methyl sites for hydroxylation is 1. The number of benzene rings is 1. The SMILES string of the molecule is CC1CN1CC(C(=O)N1CCN(c2ncnc3c2[C@H](C)CC3)CC1)c1ccc(Cl)cc1. The number of hydrogen-bond acceptors (Lipinski definition) is 5. The van der Waals surface area contributed by atoms with Gasteiger partial charge in [-0.3, -0.25) is 9.69 Å². The highest BCUT2D eigenvalue weighted by Gasteiger charge is 2.37. The molecule has 2 aromatic rings. The van der Waals surface area contributed by atoms with Crippen molar-refractivity contribution in [1.29, 1.82) is 0 Å². The molecule has 4 atom stereocenters. The summed E-state index contributed by atoms with van der Waals surface area (Å²) in [4.78, 5) is 29.4. The maximum Gasteiger partial charge on any atom is 0.231 e. The lowest BCUT2D eigenvalue weighted by atomic mass is 9.97. The zero-order valence-corrected chi connectivity index (χ0v) is 19.1. The Kier molecular flexibility index (Phi) is 5.61.